The van der Waals surface area contributed by atoms with Crippen molar-refractivity contribution in [2.45, 2.75) is 26.3 Å². The maximum Gasteiger partial charge on any atom is 0.224 e. The number of aromatic nitrogens is 2. The average molecular weight is 294 g/mol. The molecule has 2 aromatic rings. The highest BCUT2D eigenvalue weighted by atomic mass is 32.1. The van der Waals surface area contributed by atoms with Crippen molar-refractivity contribution >= 4 is 23.1 Å². The highest BCUT2D eigenvalue weighted by Crippen LogP contribution is 2.28. The van der Waals surface area contributed by atoms with Crippen LogP contribution in [0.5, 0.6) is 0 Å². The molecule has 0 saturated heterocycles. The Kier molecular flexibility index (Phi) is 4.89. The normalized spacial score (nSPS) is 12.2. The Bertz CT molecular complexity index is 544. The minimum atomic E-state index is -0.405. The third kappa shape index (κ3) is 3.25. The third-order valence-electron chi connectivity index (χ3n) is 3.13. The first-order chi connectivity index (χ1) is 9.63. The second-order valence-corrected chi connectivity index (χ2v) is 5.57. The Labute approximate surface area is 122 Å². The van der Waals surface area contributed by atoms with Crippen LogP contribution in [0, 0.1) is 5.82 Å². The molecule has 6 heteroatoms. The molecule has 2 heterocycles. The summed E-state index contributed by atoms with van der Waals surface area (Å²) in [6.45, 7) is 4.87. The van der Waals surface area contributed by atoms with E-state index >= 15 is 0 Å². The molecule has 0 aliphatic rings. The summed E-state index contributed by atoms with van der Waals surface area (Å²) in [6, 6.07) is 4.11. The largest absolute Gasteiger partial charge is 0.354 e. The smallest absolute Gasteiger partial charge is 0.224 e. The molecule has 1 N–H and O–H groups in total. The maximum atomic E-state index is 14.0. The maximum absolute atomic E-state index is 14.0. The molecule has 108 valence electrons. The van der Waals surface area contributed by atoms with E-state index in [0.29, 0.717) is 11.8 Å². The van der Waals surface area contributed by atoms with Crippen LogP contribution in [0.25, 0.3) is 0 Å². The molecule has 2 rings (SSSR count). The van der Waals surface area contributed by atoms with Crippen molar-refractivity contribution in [1.29, 1.82) is 0 Å². The molecule has 0 saturated carbocycles. The van der Waals surface area contributed by atoms with E-state index in [4.69, 9.17) is 0 Å². The molecule has 2 aromatic heterocycles. The van der Waals surface area contributed by atoms with Gasteiger partial charge in [-0.05, 0) is 24.8 Å². The first-order valence-electron chi connectivity index (χ1n) is 6.66. The van der Waals surface area contributed by atoms with Crippen LogP contribution in [0.15, 0.2) is 23.7 Å². The van der Waals surface area contributed by atoms with Gasteiger partial charge in [0.15, 0.2) is 11.6 Å². The fraction of sp³-hybridized carbons (Fsp3) is 0.429. The van der Waals surface area contributed by atoms with Crippen molar-refractivity contribution < 1.29 is 4.39 Å². The molecule has 0 aromatic carbocycles. The van der Waals surface area contributed by atoms with Gasteiger partial charge < -0.3 is 10.2 Å². The first-order valence-corrected chi connectivity index (χ1v) is 7.54. The Morgan fingerprint density at radius 1 is 1.50 bits per heavy atom. The molecule has 0 aliphatic heterocycles. The van der Waals surface area contributed by atoms with Gasteiger partial charge >= 0.3 is 0 Å². The molecule has 0 amide bonds. The number of thiophene rings is 1. The fourth-order valence-corrected chi connectivity index (χ4v) is 2.66. The minimum Gasteiger partial charge on any atom is -0.354 e. The van der Waals surface area contributed by atoms with Crippen LogP contribution in [-0.2, 0) is 0 Å². The average Bonchev–Trinajstić information content (AvgIpc) is 2.99. The standard InChI is InChI=1S/C14H19FN4S/c1-4-7-16-14-17-9-11(15)13(18-14)19(3)10(2)12-6-5-8-20-12/h5-6,8-10H,4,7H2,1-3H3,(H,16,17,18). The molecular weight excluding hydrogens is 275 g/mol. The first kappa shape index (κ1) is 14.7. The van der Waals surface area contributed by atoms with Crippen LogP contribution in [-0.4, -0.2) is 23.6 Å². The highest BCUT2D eigenvalue weighted by Gasteiger charge is 2.18. The lowest BCUT2D eigenvalue weighted by Crippen LogP contribution is -2.24. The van der Waals surface area contributed by atoms with Crippen molar-refractivity contribution in [3.05, 3.63) is 34.4 Å². The predicted octanol–water partition coefficient (Wildman–Crippen LogP) is 3.70. The lowest BCUT2D eigenvalue weighted by molar-refractivity contribution is 0.597. The van der Waals surface area contributed by atoms with Gasteiger partial charge in [0, 0.05) is 18.5 Å². The Morgan fingerprint density at radius 2 is 2.30 bits per heavy atom. The predicted molar refractivity (Wildman–Crippen MR) is 81.9 cm³/mol. The molecule has 0 fully saturated rings. The topological polar surface area (TPSA) is 41.1 Å². The van der Waals surface area contributed by atoms with E-state index in [2.05, 4.69) is 22.2 Å². The van der Waals surface area contributed by atoms with Crippen LogP contribution < -0.4 is 10.2 Å². The van der Waals surface area contributed by atoms with Crippen LogP contribution in [0.1, 0.15) is 31.2 Å². The van der Waals surface area contributed by atoms with Crippen LogP contribution in [0.4, 0.5) is 16.2 Å². The summed E-state index contributed by atoms with van der Waals surface area (Å²) in [6.07, 6.45) is 2.19. The van der Waals surface area contributed by atoms with Gasteiger partial charge in [0.25, 0.3) is 0 Å². The van der Waals surface area contributed by atoms with Crippen LogP contribution >= 0.6 is 11.3 Å². The second kappa shape index (κ2) is 6.65. The van der Waals surface area contributed by atoms with E-state index in [1.165, 1.54) is 11.1 Å². The zero-order valence-corrected chi connectivity index (χ0v) is 12.7. The monoisotopic (exact) mass is 294 g/mol. The third-order valence-corrected chi connectivity index (χ3v) is 4.17. The van der Waals surface area contributed by atoms with Crippen molar-refractivity contribution in [3.8, 4) is 0 Å². The van der Waals surface area contributed by atoms with Gasteiger partial charge in [-0.3, -0.25) is 0 Å². The van der Waals surface area contributed by atoms with Gasteiger partial charge in [-0.2, -0.15) is 4.98 Å². The number of hydrogen-bond acceptors (Lipinski definition) is 5. The lowest BCUT2D eigenvalue weighted by atomic mass is 10.2. The van der Waals surface area contributed by atoms with E-state index in [0.717, 1.165) is 13.0 Å². The van der Waals surface area contributed by atoms with Gasteiger partial charge in [0.2, 0.25) is 5.95 Å². The quantitative estimate of drug-likeness (QED) is 0.882. The number of halogens is 1. The minimum absolute atomic E-state index is 0.0680. The van der Waals surface area contributed by atoms with Crippen molar-refractivity contribution in [2.75, 3.05) is 23.8 Å². The van der Waals surface area contributed by atoms with Crippen molar-refractivity contribution in [1.82, 2.24) is 9.97 Å². The van der Waals surface area contributed by atoms with Gasteiger partial charge in [0.1, 0.15) is 0 Å². The van der Waals surface area contributed by atoms with E-state index < -0.39 is 5.82 Å². The van der Waals surface area contributed by atoms with Gasteiger partial charge in [0.05, 0.1) is 12.2 Å². The molecule has 1 unspecified atom stereocenters. The molecule has 0 bridgehead atoms. The van der Waals surface area contributed by atoms with Crippen molar-refractivity contribution in [2.24, 2.45) is 0 Å². The summed E-state index contributed by atoms with van der Waals surface area (Å²) in [5.74, 6) is 0.380. The van der Waals surface area contributed by atoms with E-state index in [1.807, 2.05) is 36.4 Å². The summed E-state index contributed by atoms with van der Waals surface area (Å²) in [5.41, 5.74) is 0. The molecular formula is C14H19FN4S. The number of hydrogen-bond donors (Lipinski definition) is 1. The molecule has 1 atom stereocenters. The Balaban J connectivity index is 2.21. The zero-order chi connectivity index (χ0) is 14.5. The number of rotatable bonds is 6. The van der Waals surface area contributed by atoms with E-state index in [-0.39, 0.29) is 6.04 Å². The van der Waals surface area contributed by atoms with Crippen LogP contribution in [0.2, 0.25) is 0 Å². The van der Waals surface area contributed by atoms with E-state index in [9.17, 15) is 4.39 Å². The Morgan fingerprint density at radius 3 is 2.95 bits per heavy atom. The number of anilines is 2. The summed E-state index contributed by atoms with van der Waals surface area (Å²) in [7, 11) is 1.85. The highest BCUT2D eigenvalue weighted by molar-refractivity contribution is 7.10. The lowest BCUT2D eigenvalue weighted by Gasteiger charge is -2.25. The van der Waals surface area contributed by atoms with Gasteiger partial charge in [-0.25, -0.2) is 9.37 Å². The number of nitrogens with zero attached hydrogens (tertiary/aromatic N) is 3. The summed E-state index contributed by atoms with van der Waals surface area (Å²) < 4.78 is 14.0. The number of nitrogens with one attached hydrogen (secondary N) is 1. The molecule has 0 aliphatic carbocycles. The zero-order valence-electron chi connectivity index (χ0n) is 11.9. The van der Waals surface area contributed by atoms with Crippen molar-refractivity contribution in [3.63, 3.8) is 0 Å². The molecule has 4 nitrogen and oxygen atoms in total. The summed E-state index contributed by atoms with van der Waals surface area (Å²) in [5, 5.41) is 5.10. The van der Waals surface area contributed by atoms with Gasteiger partial charge in [-0.1, -0.05) is 13.0 Å². The SMILES string of the molecule is CCCNc1ncc(F)c(N(C)C(C)c2cccs2)n1. The van der Waals surface area contributed by atoms with E-state index in [1.54, 1.807) is 11.3 Å². The summed E-state index contributed by atoms with van der Waals surface area (Å²) in [4.78, 5) is 11.2. The molecule has 0 radical (unpaired) electrons. The second-order valence-electron chi connectivity index (χ2n) is 4.59. The van der Waals surface area contributed by atoms with Crippen LogP contribution in [0.3, 0.4) is 0 Å². The summed E-state index contributed by atoms with van der Waals surface area (Å²) >= 11 is 1.65. The molecule has 0 spiro atoms. The Hall–Kier alpha value is -1.69. The fourth-order valence-electron chi connectivity index (χ4n) is 1.83. The van der Waals surface area contributed by atoms with Gasteiger partial charge in [-0.15, -0.1) is 11.3 Å². The molecule has 20 heavy (non-hydrogen) atoms.